The van der Waals surface area contributed by atoms with E-state index in [1.54, 1.807) is 6.07 Å². The van der Waals surface area contributed by atoms with Crippen LogP contribution in [-0.4, -0.2) is 6.04 Å². The molecule has 32 heavy (non-hydrogen) atoms. The van der Waals surface area contributed by atoms with Crippen molar-refractivity contribution in [3.63, 3.8) is 0 Å². The van der Waals surface area contributed by atoms with Crippen molar-refractivity contribution in [3.8, 4) is 5.75 Å². The van der Waals surface area contributed by atoms with Crippen LogP contribution in [0.3, 0.4) is 0 Å². The molecule has 2 nitrogen and oxygen atoms in total. The van der Waals surface area contributed by atoms with E-state index >= 15 is 0 Å². The van der Waals surface area contributed by atoms with E-state index in [2.05, 4.69) is 79.0 Å². The Morgan fingerprint density at radius 1 is 0.875 bits per heavy atom. The molecule has 0 spiro atoms. The van der Waals surface area contributed by atoms with Crippen LogP contribution >= 0.6 is 23.2 Å². The average Bonchev–Trinajstić information content (AvgIpc) is 2.81. The van der Waals surface area contributed by atoms with Gasteiger partial charge in [-0.05, 0) is 54.3 Å². The Labute approximate surface area is 200 Å². The van der Waals surface area contributed by atoms with Gasteiger partial charge in [0.25, 0.3) is 0 Å². The van der Waals surface area contributed by atoms with E-state index in [4.69, 9.17) is 27.9 Å². The molecule has 0 unspecified atom stereocenters. The van der Waals surface area contributed by atoms with Gasteiger partial charge in [0.1, 0.15) is 12.4 Å². The van der Waals surface area contributed by atoms with Crippen molar-refractivity contribution in [2.75, 3.05) is 0 Å². The average molecular weight is 464 g/mol. The fourth-order valence-electron chi connectivity index (χ4n) is 3.83. The lowest BCUT2D eigenvalue weighted by molar-refractivity contribution is 0.302. The smallest absolute Gasteiger partial charge is 0.124 e. The summed E-state index contributed by atoms with van der Waals surface area (Å²) in [5.41, 5.74) is 3.45. The molecule has 164 valence electrons. The lowest BCUT2D eigenvalue weighted by Gasteiger charge is -2.18. The lowest BCUT2D eigenvalue weighted by atomic mass is 10.0. The number of aryl methyl sites for hydroxylation is 1. The predicted molar refractivity (Wildman–Crippen MR) is 136 cm³/mol. The van der Waals surface area contributed by atoms with E-state index in [1.807, 2.05) is 12.1 Å². The summed E-state index contributed by atoms with van der Waals surface area (Å²) in [6.07, 6.45) is 2.13. The molecule has 0 aliphatic heterocycles. The Morgan fingerprint density at radius 3 is 2.47 bits per heavy atom. The third kappa shape index (κ3) is 5.83. The third-order valence-corrected chi connectivity index (χ3v) is 6.32. The Bertz CT molecular complexity index is 1180. The van der Waals surface area contributed by atoms with Crippen LogP contribution in [0.1, 0.15) is 30.0 Å². The summed E-state index contributed by atoms with van der Waals surface area (Å²) in [6, 6.07) is 29.1. The molecule has 0 fully saturated rings. The summed E-state index contributed by atoms with van der Waals surface area (Å²) in [4.78, 5) is 0. The van der Waals surface area contributed by atoms with Gasteiger partial charge in [-0.3, -0.25) is 0 Å². The highest BCUT2D eigenvalue weighted by Crippen LogP contribution is 2.30. The number of hydrogen-bond donors (Lipinski definition) is 1. The van der Waals surface area contributed by atoms with Gasteiger partial charge in [0.05, 0.1) is 0 Å². The van der Waals surface area contributed by atoms with Gasteiger partial charge in [0, 0.05) is 33.8 Å². The molecule has 0 radical (unpaired) electrons. The van der Waals surface area contributed by atoms with Crippen molar-refractivity contribution in [2.45, 2.75) is 39.0 Å². The highest BCUT2D eigenvalue weighted by Gasteiger charge is 2.12. The molecule has 0 saturated carbocycles. The molecule has 0 aliphatic rings. The molecule has 0 amide bonds. The first-order valence-electron chi connectivity index (χ1n) is 10.9. The Hall–Kier alpha value is -2.52. The van der Waals surface area contributed by atoms with E-state index in [9.17, 15) is 0 Å². The monoisotopic (exact) mass is 463 g/mol. The van der Waals surface area contributed by atoms with Gasteiger partial charge < -0.3 is 10.1 Å². The van der Waals surface area contributed by atoms with Crippen molar-refractivity contribution in [1.29, 1.82) is 0 Å². The molecule has 4 aromatic carbocycles. The van der Waals surface area contributed by atoms with Gasteiger partial charge in [-0.15, -0.1) is 0 Å². The number of rotatable bonds is 9. The molecule has 0 bridgehead atoms. The predicted octanol–water partition coefficient (Wildman–Crippen LogP) is 7.84. The summed E-state index contributed by atoms with van der Waals surface area (Å²) >= 11 is 12.4. The first-order chi connectivity index (χ1) is 15.6. The zero-order valence-corrected chi connectivity index (χ0v) is 19.7. The van der Waals surface area contributed by atoms with Gasteiger partial charge in [-0.2, -0.15) is 0 Å². The maximum atomic E-state index is 6.34. The topological polar surface area (TPSA) is 21.3 Å². The van der Waals surface area contributed by atoms with E-state index in [1.165, 1.54) is 21.9 Å². The molecule has 1 atom stereocenters. The number of benzene rings is 4. The highest BCUT2D eigenvalue weighted by molar-refractivity contribution is 6.35. The minimum absolute atomic E-state index is 0.382. The van der Waals surface area contributed by atoms with Crippen molar-refractivity contribution in [3.05, 3.63) is 112 Å². The third-order valence-electron chi connectivity index (χ3n) is 5.73. The first kappa shape index (κ1) is 22.7. The zero-order valence-electron chi connectivity index (χ0n) is 18.2. The molecule has 0 aliphatic carbocycles. The van der Waals surface area contributed by atoms with Crippen molar-refractivity contribution in [2.24, 2.45) is 0 Å². The van der Waals surface area contributed by atoms with Crippen molar-refractivity contribution >= 4 is 34.0 Å². The van der Waals surface area contributed by atoms with E-state index in [0.29, 0.717) is 22.7 Å². The molecule has 0 aromatic heterocycles. The van der Waals surface area contributed by atoms with Crippen molar-refractivity contribution in [1.82, 2.24) is 5.32 Å². The van der Waals surface area contributed by atoms with Gasteiger partial charge in [0.2, 0.25) is 0 Å². The minimum Gasteiger partial charge on any atom is -0.488 e. The van der Waals surface area contributed by atoms with Crippen molar-refractivity contribution < 1.29 is 4.74 Å². The SMILES string of the molecule is C[C@H](CCc1ccccc1)NCc1c(OCc2ccc(Cl)cc2Cl)ccc2ccccc12. The van der Waals surface area contributed by atoms with Gasteiger partial charge in [-0.1, -0.05) is 89.9 Å². The van der Waals surface area contributed by atoms with Crippen LogP contribution in [0.5, 0.6) is 5.75 Å². The largest absolute Gasteiger partial charge is 0.488 e. The zero-order chi connectivity index (χ0) is 22.3. The first-order valence-corrected chi connectivity index (χ1v) is 11.7. The molecule has 1 N–H and O–H groups in total. The summed E-state index contributed by atoms with van der Waals surface area (Å²) < 4.78 is 6.25. The number of nitrogens with one attached hydrogen (secondary N) is 1. The summed E-state index contributed by atoms with van der Waals surface area (Å²) in [5.74, 6) is 0.873. The fourth-order valence-corrected chi connectivity index (χ4v) is 4.30. The van der Waals surface area contributed by atoms with Gasteiger partial charge in [0.15, 0.2) is 0 Å². The normalized spacial score (nSPS) is 12.1. The lowest BCUT2D eigenvalue weighted by Crippen LogP contribution is -2.26. The number of halogens is 2. The number of ether oxygens (including phenoxy) is 1. The number of fused-ring (bicyclic) bond motifs is 1. The second-order valence-corrected chi connectivity index (χ2v) is 8.94. The van der Waals surface area contributed by atoms with Gasteiger partial charge in [-0.25, -0.2) is 0 Å². The maximum absolute atomic E-state index is 6.34. The molecule has 4 aromatic rings. The second-order valence-electron chi connectivity index (χ2n) is 8.09. The molecular weight excluding hydrogens is 437 g/mol. The van der Waals surface area contributed by atoms with E-state index < -0.39 is 0 Å². The molecule has 0 saturated heterocycles. The van der Waals surface area contributed by atoms with Crippen LogP contribution in [0.15, 0.2) is 84.9 Å². The highest BCUT2D eigenvalue weighted by atomic mass is 35.5. The molecule has 4 rings (SSSR count). The van der Waals surface area contributed by atoms with Crippen LogP contribution in [0.25, 0.3) is 10.8 Å². The van der Waals surface area contributed by atoms with Crippen LogP contribution in [-0.2, 0) is 19.6 Å². The maximum Gasteiger partial charge on any atom is 0.124 e. The molecular formula is C28H27Cl2NO. The summed E-state index contributed by atoms with van der Waals surface area (Å²) in [5, 5.41) is 7.35. The standard InChI is InChI=1S/C28H27Cl2NO/c1-20(11-12-21-7-3-2-4-8-21)31-18-26-25-10-6-5-9-22(25)14-16-28(26)32-19-23-13-15-24(29)17-27(23)30/h2-10,13-17,20,31H,11-12,18-19H2,1H3/t20-/m1/s1. The van der Waals surface area contributed by atoms with E-state index in [-0.39, 0.29) is 0 Å². The minimum atomic E-state index is 0.382. The second kappa shape index (κ2) is 10.9. The van der Waals surface area contributed by atoms with Gasteiger partial charge >= 0.3 is 0 Å². The van der Waals surface area contributed by atoms with Crippen LogP contribution in [0.4, 0.5) is 0 Å². The van der Waals surface area contributed by atoms with Crippen LogP contribution in [0, 0.1) is 0 Å². The summed E-state index contributed by atoms with van der Waals surface area (Å²) in [7, 11) is 0. The Kier molecular flexibility index (Phi) is 7.70. The molecule has 0 heterocycles. The Morgan fingerprint density at radius 2 is 1.66 bits per heavy atom. The van der Waals surface area contributed by atoms with E-state index in [0.717, 1.165) is 30.7 Å². The Balaban J connectivity index is 1.48. The summed E-state index contributed by atoms with van der Waals surface area (Å²) in [6.45, 7) is 3.37. The van der Waals surface area contributed by atoms with Crippen LogP contribution in [0.2, 0.25) is 10.0 Å². The quantitative estimate of drug-likeness (QED) is 0.273. The van der Waals surface area contributed by atoms with Crippen LogP contribution < -0.4 is 10.1 Å². The molecule has 4 heteroatoms. The number of hydrogen-bond acceptors (Lipinski definition) is 2. The fraction of sp³-hybridized carbons (Fsp3) is 0.214.